The van der Waals surface area contributed by atoms with Crippen LogP contribution in [-0.4, -0.2) is 34.4 Å². The maximum absolute atomic E-state index is 12.8. The summed E-state index contributed by atoms with van der Waals surface area (Å²) in [6.07, 6.45) is 3.43. The van der Waals surface area contributed by atoms with Crippen molar-refractivity contribution in [3.05, 3.63) is 35.0 Å². The Morgan fingerprint density at radius 1 is 1.18 bits per heavy atom. The van der Waals surface area contributed by atoms with Crippen molar-refractivity contribution in [3.8, 4) is 0 Å². The minimum atomic E-state index is -0.121. The van der Waals surface area contributed by atoms with Gasteiger partial charge >= 0.3 is 0 Å². The summed E-state index contributed by atoms with van der Waals surface area (Å²) in [4.78, 5) is 26.5. The Kier molecular flexibility index (Phi) is 5.24. The van der Waals surface area contributed by atoms with Gasteiger partial charge < -0.3 is 4.90 Å². The van der Waals surface area contributed by atoms with Crippen LogP contribution >= 0.6 is 11.6 Å². The first kappa shape index (κ1) is 16.6. The molecule has 4 nitrogen and oxygen atoms in total. The number of nitrogens with zero attached hydrogens (tertiary/aromatic N) is 2. The number of amides is 1. The summed E-state index contributed by atoms with van der Waals surface area (Å²) in [6, 6.07) is 5.26. The number of rotatable bonds is 5. The van der Waals surface area contributed by atoms with Crippen LogP contribution in [-0.2, 0) is 0 Å². The normalized spacial score (nSPS) is 10.9. The monoisotopic (exact) mass is 320 g/mol. The van der Waals surface area contributed by atoms with Gasteiger partial charge in [-0.05, 0) is 31.0 Å². The largest absolute Gasteiger partial charge is 0.339 e. The van der Waals surface area contributed by atoms with Crippen molar-refractivity contribution >= 4 is 34.3 Å². The van der Waals surface area contributed by atoms with Crippen molar-refractivity contribution in [2.24, 2.45) is 0 Å². The summed E-state index contributed by atoms with van der Waals surface area (Å²) in [5, 5.41) is 1.28. The molecule has 0 aliphatic rings. The first-order valence-corrected chi connectivity index (χ1v) is 7.98. The Morgan fingerprint density at radius 2 is 1.82 bits per heavy atom. The van der Waals surface area contributed by atoms with Gasteiger partial charge in [0.25, 0.3) is 5.91 Å². The molecule has 118 valence electrons. The molecular weight excluding hydrogens is 300 g/mol. The summed E-state index contributed by atoms with van der Waals surface area (Å²) in [7, 11) is 0. The number of aromatic nitrogens is 1. The summed E-state index contributed by atoms with van der Waals surface area (Å²) in [5.41, 5.74) is 1.25. The van der Waals surface area contributed by atoms with Crippen LogP contribution in [0.15, 0.2) is 24.4 Å². The molecule has 2 rings (SSSR count). The van der Waals surface area contributed by atoms with E-state index in [1.807, 2.05) is 18.7 Å². The number of benzene rings is 1. The van der Waals surface area contributed by atoms with Crippen LogP contribution in [0.3, 0.4) is 0 Å². The number of halogens is 1. The zero-order valence-electron chi connectivity index (χ0n) is 13.2. The molecule has 2 aromatic rings. The lowest BCUT2D eigenvalue weighted by molar-refractivity contribution is 0.0757. The molecule has 0 aliphatic heterocycles. The van der Waals surface area contributed by atoms with Gasteiger partial charge in [0.05, 0.1) is 11.1 Å². The third kappa shape index (κ3) is 3.17. The highest BCUT2D eigenvalue weighted by Crippen LogP contribution is 2.26. The molecule has 5 heteroatoms. The number of hydrogen-bond donors (Lipinski definition) is 0. The van der Waals surface area contributed by atoms with Crippen molar-refractivity contribution in [2.75, 3.05) is 13.1 Å². The summed E-state index contributed by atoms with van der Waals surface area (Å²) in [6.45, 7) is 7.00. The maximum Gasteiger partial charge on any atom is 0.256 e. The number of carbonyl (C=O) groups is 2. The third-order valence-electron chi connectivity index (χ3n) is 3.61. The van der Waals surface area contributed by atoms with Crippen LogP contribution in [0, 0.1) is 0 Å². The highest BCUT2D eigenvalue weighted by Gasteiger charge is 2.21. The zero-order valence-corrected chi connectivity index (χ0v) is 14.0. The van der Waals surface area contributed by atoms with E-state index in [9.17, 15) is 9.59 Å². The Labute approximate surface area is 135 Å². The SMILES string of the molecule is CCCN(CCC)C(=O)c1cn(C(C)=O)c2ccc(Cl)cc12. The van der Waals surface area contributed by atoms with Crippen molar-refractivity contribution in [3.63, 3.8) is 0 Å². The van der Waals surface area contributed by atoms with Crippen molar-refractivity contribution < 1.29 is 9.59 Å². The Hall–Kier alpha value is -1.81. The minimum Gasteiger partial charge on any atom is -0.339 e. The van der Waals surface area contributed by atoms with E-state index in [1.54, 1.807) is 24.4 Å². The molecule has 0 saturated heterocycles. The van der Waals surface area contributed by atoms with Crippen molar-refractivity contribution in [1.82, 2.24) is 9.47 Å². The number of fused-ring (bicyclic) bond motifs is 1. The third-order valence-corrected chi connectivity index (χ3v) is 3.85. The molecule has 1 heterocycles. The molecular formula is C17H21ClN2O2. The standard InChI is InChI=1S/C17H21ClN2O2/c1-4-8-19(9-5-2)17(22)15-11-20(12(3)21)16-7-6-13(18)10-14(15)16/h6-7,10-11H,4-5,8-9H2,1-3H3. The van der Waals surface area contributed by atoms with E-state index < -0.39 is 0 Å². The average Bonchev–Trinajstić information content (AvgIpc) is 2.85. The van der Waals surface area contributed by atoms with E-state index in [0.717, 1.165) is 18.2 Å². The molecule has 0 bridgehead atoms. The lowest BCUT2D eigenvalue weighted by Crippen LogP contribution is -2.32. The van der Waals surface area contributed by atoms with Crippen LogP contribution in [0.5, 0.6) is 0 Å². The van der Waals surface area contributed by atoms with Gasteiger partial charge in [0.1, 0.15) is 0 Å². The Bertz CT molecular complexity index is 700. The second-order valence-electron chi connectivity index (χ2n) is 5.39. The molecule has 0 saturated carbocycles. The summed E-state index contributed by atoms with van der Waals surface area (Å²) in [5.74, 6) is -0.167. The zero-order chi connectivity index (χ0) is 16.3. The molecule has 0 radical (unpaired) electrons. The molecule has 1 aromatic heterocycles. The van der Waals surface area contributed by atoms with E-state index in [4.69, 9.17) is 11.6 Å². The van der Waals surface area contributed by atoms with Gasteiger partial charge in [-0.25, -0.2) is 0 Å². The van der Waals surface area contributed by atoms with Gasteiger partial charge in [-0.2, -0.15) is 0 Å². The van der Waals surface area contributed by atoms with Gasteiger partial charge in [0.2, 0.25) is 5.91 Å². The highest BCUT2D eigenvalue weighted by atomic mass is 35.5. The van der Waals surface area contributed by atoms with Gasteiger partial charge in [-0.1, -0.05) is 25.4 Å². The maximum atomic E-state index is 12.8. The van der Waals surface area contributed by atoms with Crippen molar-refractivity contribution in [2.45, 2.75) is 33.6 Å². The average molecular weight is 321 g/mol. The fourth-order valence-corrected chi connectivity index (χ4v) is 2.83. The van der Waals surface area contributed by atoms with Crippen LogP contribution in [0.25, 0.3) is 10.9 Å². The smallest absolute Gasteiger partial charge is 0.256 e. The Balaban J connectivity index is 2.56. The van der Waals surface area contributed by atoms with E-state index in [2.05, 4.69) is 0 Å². The van der Waals surface area contributed by atoms with E-state index in [0.29, 0.717) is 29.2 Å². The van der Waals surface area contributed by atoms with E-state index >= 15 is 0 Å². The molecule has 0 atom stereocenters. The lowest BCUT2D eigenvalue weighted by atomic mass is 10.1. The quantitative estimate of drug-likeness (QED) is 0.828. The lowest BCUT2D eigenvalue weighted by Gasteiger charge is -2.21. The second-order valence-corrected chi connectivity index (χ2v) is 5.82. The van der Waals surface area contributed by atoms with Crippen LogP contribution in [0.2, 0.25) is 5.02 Å². The second kappa shape index (κ2) is 6.97. The number of hydrogen-bond acceptors (Lipinski definition) is 2. The van der Waals surface area contributed by atoms with Crippen LogP contribution in [0.1, 0.15) is 48.8 Å². The molecule has 1 amide bonds. The number of carbonyl (C=O) groups excluding carboxylic acids is 2. The van der Waals surface area contributed by atoms with E-state index in [1.165, 1.54) is 11.5 Å². The molecule has 22 heavy (non-hydrogen) atoms. The predicted octanol–water partition coefficient (Wildman–Crippen LogP) is 4.22. The fraction of sp³-hybridized carbons (Fsp3) is 0.412. The molecule has 1 aromatic carbocycles. The van der Waals surface area contributed by atoms with Gasteiger partial charge in [-0.3, -0.25) is 14.2 Å². The predicted molar refractivity (Wildman–Crippen MR) is 89.7 cm³/mol. The van der Waals surface area contributed by atoms with Gasteiger partial charge in [0.15, 0.2) is 0 Å². The molecule has 0 fully saturated rings. The molecule has 0 spiro atoms. The van der Waals surface area contributed by atoms with Crippen LogP contribution < -0.4 is 0 Å². The summed E-state index contributed by atoms with van der Waals surface area (Å²) >= 11 is 6.07. The van der Waals surface area contributed by atoms with Gasteiger partial charge in [-0.15, -0.1) is 0 Å². The molecule has 0 unspecified atom stereocenters. The first-order chi connectivity index (χ1) is 10.5. The van der Waals surface area contributed by atoms with Crippen molar-refractivity contribution in [1.29, 1.82) is 0 Å². The first-order valence-electron chi connectivity index (χ1n) is 7.60. The Morgan fingerprint density at radius 3 is 2.36 bits per heavy atom. The molecule has 0 N–H and O–H groups in total. The fourth-order valence-electron chi connectivity index (χ4n) is 2.66. The minimum absolute atomic E-state index is 0.0454. The van der Waals surface area contributed by atoms with E-state index in [-0.39, 0.29) is 11.8 Å². The topological polar surface area (TPSA) is 42.3 Å². The highest BCUT2D eigenvalue weighted by molar-refractivity contribution is 6.31. The van der Waals surface area contributed by atoms with Gasteiger partial charge in [0, 0.05) is 36.6 Å². The van der Waals surface area contributed by atoms with Crippen LogP contribution in [0.4, 0.5) is 0 Å². The molecule has 0 aliphatic carbocycles. The summed E-state index contributed by atoms with van der Waals surface area (Å²) < 4.78 is 1.51.